The highest BCUT2D eigenvalue weighted by atomic mass is 16.5. The van der Waals surface area contributed by atoms with Crippen LogP contribution in [0.25, 0.3) is 0 Å². The Morgan fingerprint density at radius 3 is 2.61 bits per heavy atom. The molecule has 1 unspecified atom stereocenters. The highest BCUT2D eigenvalue weighted by Crippen LogP contribution is 2.33. The number of nitrogens with zero attached hydrogens (tertiary/aromatic N) is 2. The van der Waals surface area contributed by atoms with Gasteiger partial charge in [-0.3, -0.25) is 14.5 Å². The number of fused-ring (bicyclic) bond motifs is 1. The van der Waals surface area contributed by atoms with Gasteiger partial charge in [0.1, 0.15) is 11.8 Å². The van der Waals surface area contributed by atoms with Gasteiger partial charge in [0.2, 0.25) is 5.91 Å². The predicted octanol–water partition coefficient (Wildman–Crippen LogP) is 1.59. The van der Waals surface area contributed by atoms with Gasteiger partial charge in [0.25, 0.3) is 5.91 Å². The number of benzene rings is 1. The van der Waals surface area contributed by atoms with Crippen LogP contribution in [0.2, 0.25) is 0 Å². The summed E-state index contributed by atoms with van der Waals surface area (Å²) in [6.07, 6.45) is 0.799. The van der Waals surface area contributed by atoms with Crippen LogP contribution in [0.5, 0.6) is 5.75 Å². The molecule has 2 aliphatic heterocycles. The molecule has 1 fully saturated rings. The smallest absolute Gasteiger partial charge is 0.261 e. The van der Waals surface area contributed by atoms with Crippen LogP contribution in [0.1, 0.15) is 38.8 Å². The van der Waals surface area contributed by atoms with Crippen molar-refractivity contribution in [2.24, 2.45) is 0 Å². The normalized spacial score (nSPS) is 20.9. The van der Waals surface area contributed by atoms with E-state index in [4.69, 9.17) is 9.47 Å². The summed E-state index contributed by atoms with van der Waals surface area (Å²) in [5.41, 5.74) is 0.350. The lowest BCUT2D eigenvalue weighted by Gasteiger charge is -2.33. The number of para-hydroxylation sites is 1. The number of ether oxygens (including phenoxy) is 2. The number of hydrogen-bond donors (Lipinski definition) is 1. The van der Waals surface area contributed by atoms with E-state index in [0.717, 1.165) is 44.8 Å². The molecule has 2 aliphatic rings. The Morgan fingerprint density at radius 1 is 1.18 bits per heavy atom. The van der Waals surface area contributed by atoms with Gasteiger partial charge in [0, 0.05) is 37.3 Å². The summed E-state index contributed by atoms with van der Waals surface area (Å²) < 4.78 is 11.1. The SMILES string of the molecule is CC(C)(C)NC(=O)C1c2ccccc2OCC(=O)N1CCCN1CCOCC1. The zero-order chi connectivity index (χ0) is 20.1. The number of carbonyl (C=O) groups is 2. The van der Waals surface area contributed by atoms with Crippen LogP contribution < -0.4 is 10.1 Å². The van der Waals surface area contributed by atoms with E-state index in [9.17, 15) is 9.59 Å². The van der Waals surface area contributed by atoms with Gasteiger partial charge in [-0.05, 0) is 33.3 Å². The van der Waals surface area contributed by atoms with Crippen molar-refractivity contribution in [3.05, 3.63) is 29.8 Å². The summed E-state index contributed by atoms with van der Waals surface area (Å²) in [6, 6.07) is 6.74. The fourth-order valence-electron chi connectivity index (χ4n) is 3.64. The van der Waals surface area contributed by atoms with E-state index >= 15 is 0 Å². The van der Waals surface area contributed by atoms with E-state index in [-0.39, 0.29) is 24.0 Å². The molecular weight excluding hydrogens is 358 g/mol. The summed E-state index contributed by atoms with van der Waals surface area (Å²) in [5, 5.41) is 3.03. The van der Waals surface area contributed by atoms with Gasteiger partial charge in [-0.1, -0.05) is 18.2 Å². The van der Waals surface area contributed by atoms with Crippen LogP contribution in [0, 0.1) is 0 Å². The van der Waals surface area contributed by atoms with E-state index in [1.54, 1.807) is 4.90 Å². The molecular formula is C21H31N3O4. The Bertz CT molecular complexity index is 695. The van der Waals surface area contributed by atoms with Gasteiger partial charge in [0.05, 0.1) is 13.2 Å². The van der Waals surface area contributed by atoms with Crippen LogP contribution in [0.3, 0.4) is 0 Å². The van der Waals surface area contributed by atoms with Crippen molar-refractivity contribution in [1.82, 2.24) is 15.1 Å². The van der Waals surface area contributed by atoms with Gasteiger partial charge < -0.3 is 19.7 Å². The van der Waals surface area contributed by atoms with Gasteiger partial charge >= 0.3 is 0 Å². The topological polar surface area (TPSA) is 71.1 Å². The first-order valence-electron chi connectivity index (χ1n) is 9.98. The van der Waals surface area contributed by atoms with Crippen molar-refractivity contribution in [2.45, 2.75) is 38.8 Å². The lowest BCUT2D eigenvalue weighted by Crippen LogP contribution is -2.50. The molecule has 0 aromatic heterocycles. The molecule has 7 heteroatoms. The first-order chi connectivity index (χ1) is 13.3. The quantitative estimate of drug-likeness (QED) is 0.828. The maximum Gasteiger partial charge on any atom is 0.261 e. The van der Waals surface area contributed by atoms with Crippen LogP contribution in [-0.4, -0.2) is 73.2 Å². The number of amides is 2. The summed E-state index contributed by atoms with van der Waals surface area (Å²) >= 11 is 0. The molecule has 1 saturated heterocycles. The number of nitrogens with one attached hydrogen (secondary N) is 1. The van der Waals surface area contributed by atoms with E-state index in [1.807, 2.05) is 45.0 Å². The maximum atomic E-state index is 13.2. The summed E-state index contributed by atoms with van der Waals surface area (Å²) in [5.74, 6) is 0.262. The zero-order valence-electron chi connectivity index (χ0n) is 17.1. The molecule has 0 spiro atoms. The first kappa shape index (κ1) is 20.6. The van der Waals surface area contributed by atoms with Crippen molar-refractivity contribution in [1.29, 1.82) is 0 Å². The molecule has 0 saturated carbocycles. The third kappa shape index (κ3) is 5.23. The highest BCUT2D eigenvalue weighted by molar-refractivity contribution is 5.91. The molecule has 1 aromatic carbocycles. The second-order valence-electron chi connectivity index (χ2n) is 8.36. The average Bonchev–Trinajstić information content (AvgIpc) is 2.78. The zero-order valence-corrected chi connectivity index (χ0v) is 17.1. The van der Waals surface area contributed by atoms with E-state index < -0.39 is 6.04 Å². The minimum Gasteiger partial charge on any atom is -0.483 e. The summed E-state index contributed by atoms with van der Waals surface area (Å²) in [4.78, 5) is 30.0. The molecule has 2 heterocycles. The molecule has 0 bridgehead atoms. The summed E-state index contributed by atoms with van der Waals surface area (Å²) in [6.45, 7) is 10.5. The van der Waals surface area contributed by atoms with Crippen molar-refractivity contribution in [3.63, 3.8) is 0 Å². The van der Waals surface area contributed by atoms with Crippen LogP contribution in [-0.2, 0) is 14.3 Å². The van der Waals surface area contributed by atoms with Crippen molar-refractivity contribution >= 4 is 11.8 Å². The fraction of sp³-hybridized carbons (Fsp3) is 0.619. The molecule has 0 aliphatic carbocycles. The third-order valence-corrected chi connectivity index (χ3v) is 4.92. The predicted molar refractivity (Wildman–Crippen MR) is 106 cm³/mol. The van der Waals surface area contributed by atoms with Crippen LogP contribution in [0.4, 0.5) is 0 Å². The summed E-state index contributed by atoms with van der Waals surface area (Å²) in [7, 11) is 0. The second-order valence-corrected chi connectivity index (χ2v) is 8.36. The Balaban J connectivity index is 1.79. The van der Waals surface area contributed by atoms with Crippen LogP contribution in [0.15, 0.2) is 24.3 Å². The average molecular weight is 389 g/mol. The number of carbonyl (C=O) groups excluding carboxylic acids is 2. The molecule has 1 aromatic rings. The van der Waals surface area contributed by atoms with E-state index in [1.165, 1.54) is 0 Å². The Labute approximate surface area is 167 Å². The van der Waals surface area contributed by atoms with Gasteiger partial charge in [0.15, 0.2) is 6.61 Å². The Hall–Kier alpha value is -2.12. The number of rotatable bonds is 5. The highest BCUT2D eigenvalue weighted by Gasteiger charge is 2.37. The molecule has 1 atom stereocenters. The van der Waals surface area contributed by atoms with E-state index in [0.29, 0.717) is 12.3 Å². The molecule has 7 nitrogen and oxygen atoms in total. The molecule has 3 rings (SSSR count). The number of hydrogen-bond acceptors (Lipinski definition) is 5. The molecule has 28 heavy (non-hydrogen) atoms. The monoisotopic (exact) mass is 389 g/mol. The van der Waals surface area contributed by atoms with Crippen molar-refractivity contribution in [3.8, 4) is 5.75 Å². The maximum absolute atomic E-state index is 13.2. The Morgan fingerprint density at radius 2 is 1.89 bits per heavy atom. The fourth-order valence-corrected chi connectivity index (χ4v) is 3.64. The third-order valence-electron chi connectivity index (χ3n) is 4.92. The van der Waals surface area contributed by atoms with Gasteiger partial charge in [-0.25, -0.2) is 0 Å². The number of morpholine rings is 1. The second kappa shape index (κ2) is 8.92. The molecule has 154 valence electrons. The largest absolute Gasteiger partial charge is 0.483 e. The minimum absolute atomic E-state index is 0.0478. The molecule has 2 amide bonds. The van der Waals surface area contributed by atoms with Crippen LogP contribution >= 0.6 is 0 Å². The van der Waals surface area contributed by atoms with Gasteiger partial charge in [-0.2, -0.15) is 0 Å². The van der Waals surface area contributed by atoms with Crippen molar-refractivity contribution < 1.29 is 19.1 Å². The standard InChI is InChI=1S/C21H31N3O4/c1-21(2,3)22-20(26)19-16-7-4-5-8-17(16)28-15-18(25)24(19)10-6-9-23-11-13-27-14-12-23/h4-5,7-8,19H,6,9-15H2,1-3H3,(H,22,26). The Kier molecular flexibility index (Phi) is 6.57. The first-order valence-corrected chi connectivity index (χ1v) is 9.98. The molecule has 0 radical (unpaired) electrons. The van der Waals surface area contributed by atoms with Gasteiger partial charge in [-0.15, -0.1) is 0 Å². The molecule has 1 N–H and O–H groups in total. The van der Waals surface area contributed by atoms with Crippen molar-refractivity contribution in [2.75, 3.05) is 46.0 Å². The van der Waals surface area contributed by atoms with E-state index in [2.05, 4.69) is 10.2 Å². The lowest BCUT2D eigenvalue weighted by molar-refractivity contribution is -0.142. The minimum atomic E-state index is -0.685. The lowest BCUT2D eigenvalue weighted by atomic mass is 10.0.